The van der Waals surface area contributed by atoms with E-state index in [0.29, 0.717) is 12.1 Å². The summed E-state index contributed by atoms with van der Waals surface area (Å²) in [6.07, 6.45) is 6.82. The number of aromatic nitrogens is 2. The first-order valence-electron chi connectivity index (χ1n) is 6.49. The summed E-state index contributed by atoms with van der Waals surface area (Å²) in [5.41, 5.74) is 0. The van der Waals surface area contributed by atoms with Crippen LogP contribution in [0.1, 0.15) is 36.6 Å². The minimum Gasteiger partial charge on any atom is -0.336 e. The van der Waals surface area contributed by atoms with Crippen LogP contribution in [0.4, 0.5) is 0 Å². The van der Waals surface area contributed by atoms with Crippen LogP contribution in [0.15, 0.2) is 30.9 Å². The van der Waals surface area contributed by atoms with Gasteiger partial charge in [-0.1, -0.05) is 6.92 Å². The Morgan fingerprint density at radius 2 is 2.22 bits per heavy atom. The van der Waals surface area contributed by atoms with Gasteiger partial charge >= 0.3 is 0 Å². The van der Waals surface area contributed by atoms with Crippen molar-refractivity contribution in [2.75, 3.05) is 0 Å². The highest BCUT2D eigenvalue weighted by Crippen LogP contribution is 2.23. The normalized spacial score (nSPS) is 14.6. The summed E-state index contributed by atoms with van der Waals surface area (Å²) >= 11 is 1.91. The average molecular weight is 263 g/mol. The molecule has 0 bridgehead atoms. The first-order chi connectivity index (χ1) is 8.69. The molecule has 2 aromatic rings. The van der Waals surface area contributed by atoms with Gasteiger partial charge in [0.25, 0.3) is 0 Å². The standard InChI is InChI=1S/C14H21N3S/c1-4-13-5-6-14(18-13)12(3)16-11(2)9-17-8-7-15-10-17/h5-8,10-12,16H,4,9H2,1-3H3. The maximum atomic E-state index is 4.06. The van der Waals surface area contributed by atoms with Crippen molar-refractivity contribution in [2.24, 2.45) is 0 Å². The van der Waals surface area contributed by atoms with Crippen molar-refractivity contribution in [2.45, 2.75) is 45.8 Å². The van der Waals surface area contributed by atoms with Gasteiger partial charge in [0.1, 0.15) is 0 Å². The topological polar surface area (TPSA) is 29.9 Å². The minimum atomic E-state index is 0.411. The lowest BCUT2D eigenvalue weighted by Gasteiger charge is -2.19. The third-order valence-corrected chi connectivity index (χ3v) is 4.45. The second kappa shape index (κ2) is 6.16. The Kier molecular flexibility index (Phi) is 4.55. The van der Waals surface area contributed by atoms with E-state index in [1.807, 2.05) is 30.1 Å². The van der Waals surface area contributed by atoms with E-state index in [1.54, 1.807) is 0 Å². The van der Waals surface area contributed by atoms with Gasteiger partial charge in [-0.05, 0) is 32.4 Å². The number of hydrogen-bond donors (Lipinski definition) is 1. The number of thiophene rings is 1. The van der Waals surface area contributed by atoms with Crippen molar-refractivity contribution in [3.63, 3.8) is 0 Å². The molecule has 0 aliphatic rings. The lowest BCUT2D eigenvalue weighted by atomic mass is 10.2. The zero-order chi connectivity index (χ0) is 13.0. The molecule has 0 saturated heterocycles. The highest BCUT2D eigenvalue weighted by Gasteiger charge is 2.11. The molecule has 2 heterocycles. The number of rotatable bonds is 6. The van der Waals surface area contributed by atoms with Crippen LogP contribution >= 0.6 is 11.3 Å². The number of hydrogen-bond acceptors (Lipinski definition) is 3. The third-order valence-electron chi connectivity index (χ3n) is 3.04. The fraction of sp³-hybridized carbons (Fsp3) is 0.500. The molecule has 0 aliphatic carbocycles. The van der Waals surface area contributed by atoms with Crippen LogP contribution in [-0.4, -0.2) is 15.6 Å². The molecule has 98 valence electrons. The molecule has 2 unspecified atom stereocenters. The zero-order valence-electron chi connectivity index (χ0n) is 11.3. The summed E-state index contributed by atoms with van der Waals surface area (Å²) in [6.45, 7) is 7.60. The molecule has 1 N–H and O–H groups in total. The average Bonchev–Trinajstić information content (AvgIpc) is 2.98. The Morgan fingerprint density at radius 3 is 2.83 bits per heavy atom. The molecule has 0 aromatic carbocycles. The van der Waals surface area contributed by atoms with Crippen molar-refractivity contribution in [1.82, 2.24) is 14.9 Å². The quantitative estimate of drug-likeness (QED) is 0.867. The summed E-state index contributed by atoms with van der Waals surface area (Å²) < 4.78 is 2.11. The smallest absolute Gasteiger partial charge is 0.0946 e. The molecule has 18 heavy (non-hydrogen) atoms. The van der Waals surface area contributed by atoms with Crippen molar-refractivity contribution in [1.29, 1.82) is 0 Å². The highest BCUT2D eigenvalue weighted by atomic mass is 32.1. The molecular weight excluding hydrogens is 242 g/mol. The fourth-order valence-corrected chi connectivity index (χ4v) is 3.05. The Balaban J connectivity index is 1.88. The summed E-state index contributed by atoms with van der Waals surface area (Å²) in [5, 5.41) is 3.63. The molecular formula is C14H21N3S. The van der Waals surface area contributed by atoms with Crippen molar-refractivity contribution in [3.8, 4) is 0 Å². The van der Waals surface area contributed by atoms with E-state index in [9.17, 15) is 0 Å². The number of imidazole rings is 1. The van der Waals surface area contributed by atoms with Crippen LogP contribution in [0.25, 0.3) is 0 Å². The van der Waals surface area contributed by atoms with Gasteiger partial charge in [0.05, 0.1) is 6.33 Å². The van der Waals surface area contributed by atoms with Crippen LogP contribution < -0.4 is 5.32 Å². The van der Waals surface area contributed by atoms with Gasteiger partial charge in [-0.3, -0.25) is 0 Å². The Hall–Kier alpha value is -1.13. The molecule has 0 spiro atoms. The molecule has 0 saturated carbocycles. The molecule has 2 rings (SSSR count). The van der Waals surface area contributed by atoms with Crippen molar-refractivity contribution >= 4 is 11.3 Å². The molecule has 0 amide bonds. The van der Waals surface area contributed by atoms with Gasteiger partial charge in [0.15, 0.2) is 0 Å². The number of nitrogens with zero attached hydrogens (tertiary/aromatic N) is 2. The van der Waals surface area contributed by atoms with Gasteiger partial charge in [-0.2, -0.15) is 0 Å². The highest BCUT2D eigenvalue weighted by molar-refractivity contribution is 7.12. The monoisotopic (exact) mass is 263 g/mol. The Bertz CT molecular complexity index is 461. The van der Waals surface area contributed by atoms with E-state index < -0.39 is 0 Å². The molecule has 2 atom stereocenters. The molecule has 3 nitrogen and oxygen atoms in total. The SMILES string of the molecule is CCc1ccc(C(C)NC(C)Cn2ccnc2)s1. The van der Waals surface area contributed by atoms with E-state index in [-0.39, 0.29) is 0 Å². The molecule has 4 heteroatoms. The van der Waals surface area contributed by atoms with Crippen LogP contribution in [0.5, 0.6) is 0 Å². The zero-order valence-corrected chi connectivity index (χ0v) is 12.1. The van der Waals surface area contributed by atoms with E-state index >= 15 is 0 Å². The summed E-state index contributed by atoms with van der Waals surface area (Å²) in [6, 6.07) is 5.32. The van der Waals surface area contributed by atoms with E-state index in [4.69, 9.17) is 0 Å². The van der Waals surface area contributed by atoms with Gasteiger partial charge < -0.3 is 9.88 Å². The predicted octanol–water partition coefficient (Wildman–Crippen LogP) is 3.25. The van der Waals surface area contributed by atoms with E-state index in [2.05, 4.69) is 47.8 Å². The van der Waals surface area contributed by atoms with Crippen LogP contribution in [-0.2, 0) is 13.0 Å². The maximum absolute atomic E-state index is 4.06. The maximum Gasteiger partial charge on any atom is 0.0946 e. The summed E-state index contributed by atoms with van der Waals surface area (Å²) in [5.74, 6) is 0. The lowest BCUT2D eigenvalue weighted by molar-refractivity contribution is 0.433. The first-order valence-corrected chi connectivity index (χ1v) is 7.31. The van der Waals surface area contributed by atoms with Gasteiger partial charge in [-0.15, -0.1) is 11.3 Å². The molecule has 0 radical (unpaired) electrons. The first kappa shape index (κ1) is 13.3. The summed E-state index contributed by atoms with van der Waals surface area (Å²) in [4.78, 5) is 6.94. The Morgan fingerprint density at radius 1 is 1.39 bits per heavy atom. The van der Waals surface area contributed by atoms with E-state index in [1.165, 1.54) is 9.75 Å². The fourth-order valence-electron chi connectivity index (χ4n) is 2.09. The third kappa shape index (κ3) is 3.43. The van der Waals surface area contributed by atoms with Gasteiger partial charge in [0.2, 0.25) is 0 Å². The predicted molar refractivity (Wildman–Crippen MR) is 76.9 cm³/mol. The number of nitrogens with one attached hydrogen (secondary N) is 1. The summed E-state index contributed by atoms with van der Waals surface area (Å²) in [7, 11) is 0. The largest absolute Gasteiger partial charge is 0.336 e. The number of aryl methyl sites for hydroxylation is 1. The van der Waals surface area contributed by atoms with Gasteiger partial charge in [0, 0.05) is 40.8 Å². The molecule has 2 aromatic heterocycles. The van der Waals surface area contributed by atoms with Crippen molar-refractivity contribution < 1.29 is 0 Å². The van der Waals surface area contributed by atoms with Crippen LogP contribution in [0.3, 0.4) is 0 Å². The van der Waals surface area contributed by atoms with Crippen LogP contribution in [0, 0.1) is 0 Å². The van der Waals surface area contributed by atoms with Crippen LogP contribution in [0.2, 0.25) is 0 Å². The molecule has 0 fully saturated rings. The van der Waals surface area contributed by atoms with Gasteiger partial charge in [-0.25, -0.2) is 4.98 Å². The Labute approximate surface area is 113 Å². The second-order valence-corrected chi connectivity index (χ2v) is 5.91. The lowest BCUT2D eigenvalue weighted by Crippen LogP contribution is -2.32. The van der Waals surface area contributed by atoms with Crippen molar-refractivity contribution in [3.05, 3.63) is 40.6 Å². The minimum absolute atomic E-state index is 0.411. The van der Waals surface area contributed by atoms with E-state index in [0.717, 1.165) is 13.0 Å². The second-order valence-electron chi connectivity index (χ2n) is 4.71. The molecule has 0 aliphatic heterocycles.